The van der Waals surface area contributed by atoms with Crippen molar-refractivity contribution in [1.29, 1.82) is 0 Å². The van der Waals surface area contributed by atoms with Crippen LogP contribution in [0, 0.1) is 0 Å². The maximum atomic E-state index is 11.9. The zero-order valence-corrected chi connectivity index (χ0v) is 17.0. The molecule has 0 N–H and O–H groups in total. The Labute approximate surface area is 164 Å². The molecule has 4 heteroatoms. The van der Waals surface area contributed by atoms with Crippen molar-refractivity contribution >= 4 is 5.97 Å². The van der Waals surface area contributed by atoms with Crippen molar-refractivity contribution in [2.45, 2.75) is 96.8 Å². The van der Waals surface area contributed by atoms with Gasteiger partial charge in [0.1, 0.15) is 5.75 Å². The van der Waals surface area contributed by atoms with Gasteiger partial charge >= 0.3 is 5.97 Å². The van der Waals surface area contributed by atoms with Crippen LogP contribution in [-0.4, -0.2) is 12.8 Å². The third-order valence-corrected chi connectivity index (χ3v) is 5.06. The zero-order chi connectivity index (χ0) is 19.2. The van der Waals surface area contributed by atoms with Crippen molar-refractivity contribution in [2.24, 2.45) is 0 Å². The third kappa shape index (κ3) is 9.16. The van der Waals surface area contributed by atoms with Gasteiger partial charge < -0.3 is 14.2 Å². The molecule has 4 nitrogen and oxygen atoms in total. The van der Waals surface area contributed by atoms with Crippen LogP contribution in [0.2, 0.25) is 0 Å². The molecule has 0 saturated heterocycles. The first-order valence-electron chi connectivity index (χ1n) is 10.9. The fourth-order valence-electron chi connectivity index (χ4n) is 3.41. The lowest BCUT2D eigenvalue weighted by Crippen LogP contribution is -2.07. The lowest BCUT2D eigenvalue weighted by atomic mass is 10.0. The van der Waals surface area contributed by atoms with E-state index in [1.54, 1.807) is 18.2 Å². The topological polar surface area (TPSA) is 44.8 Å². The summed E-state index contributed by atoms with van der Waals surface area (Å²) < 4.78 is 15.9. The van der Waals surface area contributed by atoms with E-state index in [0.29, 0.717) is 23.7 Å². The van der Waals surface area contributed by atoms with Gasteiger partial charge in [0.05, 0.1) is 0 Å². The fourth-order valence-corrected chi connectivity index (χ4v) is 3.41. The molecule has 27 heavy (non-hydrogen) atoms. The van der Waals surface area contributed by atoms with Crippen LogP contribution >= 0.6 is 0 Å². The molecule has 0 fully saturated rings. The highest BCUT2D eigenvalue weighted by Crippen LogP contribution is 2.35. The summed E-state index contributed by atoms with van der Waals surface area (Å²) in [5.74, 6) is 1.70. The summed E-state index contributed by atoms with van der Waals surface area (Å²) in [6, 6.07) is 5.23. The number of esters is 1. The van der Waals surface area contributed by atoms with Gasteiger partial charge in [0.15, 0.2) is 11.5 Å². The van der Waals surface area contributed by atoms with Crippen molar-refractivity contribution in [3.63, 3.8) is 0 Å². The Bertz CT molecular complexity index is 541. The second-order valence-electron chi connectivity index (χ2n) is 7.48. The average molecular weight is 377 g/mol. The summed E-state index contributed by atoms with van der Waals surface area (Å²) in [6.45, 7) is 2.49. The van der Waals surface area contributed by atoms with Gasteiger partial charge in [-0.1, -0.05) is 84.0 Å². The van der Waals surface area contributed by atoms with Crippen LogP contribution in [0.4, 0.5) is 0 Å². The summed E-state index contributed by atoms with van der Waals surface area (Å²) in [5, 5.41) is 0. The Morgan fingerprint density at radius 1 is 0.815 bits per heavy atom. The molecule has 0 bridgehead atoms. The van der Waals surface area contributed by atoms with E-state index in [0.717, 1.165) is 12.8 Å². The van der Waals surface area contributed by atoms with Crippen molar-refractivity contribution in [3.05, 3.63) is 18.2 Å². The summed E-state index contributed by atoms with van der Waals surface area (Å²) in [7, 11) is 0. The van der Waals surface area contributed by atoms with Crippen LogP contribution in [0.3, 0.4) is 0 Å². The van der Waals surface area contributed by atoms with E-state index in [4.69, 9.17) is 14.2 Å². The minimum Gasteiger partial charge on any atom is -0.454 e. The molecule has 0 atom stereocenters. The number of unbranched alkanes of at least 4 members (excludes halogenated alkanes) is 12. The van der Waals surface area contributed by atoms with Gasteiger partial charge in [-0.05, 0) is 18.6 Å². The Kier molecular flexibility index (Phi) is 10.8. The molecule has 0 spiro atoms. The first-order chi connectivity index (χ1) is 13.3. The molecule has 2 rings (SSSR count). The molecule has 0 amide bonds. The van der Waals surface area contributed by atoms with Gasteiger partial charge in [0.2, 0.25) is 6.79 Å². The molecule has 0 radical (unpaired) electrons. The molecule has 0 aromatic heterocycles. The number of fused-ring (bicyclic) bond motifs is 1. The number of hydrogen-bond donors (Lipinski definition) is 0. The molecule has 1 aliphatic rings. The second kappa shape index (κ2) is 13.5. The van der Waals surface area contributed by atoms with E-state index in [1.807, 2.05) is 0 Å². The van der Waals surface area contributed by atoms with E-state index >= 15 is 0 Å². The largest absolute Gasteiger partial charge is 0.454 e. The standard InChI is InChI=1S/C23H36O4/c1-2-3-4-5-6-7-8-9-10-11-12-13-14-15-23(24)27-20-16-17-21-22(18-20)26-19-25-21/h16-18H,2-15,19H2,1H3. The fraction of sp³-hybridized carbons (Fsp3) is 0.696. The number of carbonyl (C=O) groups excluding carboxylic acids is 1. The quantitative estimate of drug-likeness (QED) is 0.192. The van der Waals surface area contributed by atoms with E-state index in [1.165, 1.54) is 70.6 Å². The van der Waals surface area contributed by atoms with Gasteiger partial charge in [-0.15, -0.1) is 0 Å². The highest BCUT2D eigenvalue weighted by atomic mass is 16.7. The SMILES string of the molecule is CCCCCCCCCCCCCCCC(=O)Oc1ccc2c(c1)OCO2. The molecule has 0 saturated carbocycles. The summed E-state index contributed by atoms with van der Waals surface area (Å²) in [4.78, 5) is 11.9. The normalized spacial score (nSPS) is 12.3. The predicted octanol–water partition coefficient (Wildman–Crippen LogP) is 6.80. The smallest absolute Gasteiger partial charge is 0.311 e. The van der Waals surface area contributed by atoms with Crippen LogP contribution < -0.4 is 14.2 Å². The summed E-state index contributed by atoms with van der Waals surface area (Å²) in [5.41, 5.74) is 0. The molecule has 0 unspecified atom stereocenters. The van der Waals surface area contributed by atoms with Gasteiger partial charge in [-0.2, -0.15) is 0 Å². The monoisotopic (exact) mass is 376 g/mol. The maximum absolute atomic E-state index is 11.9. The first kappa shape index (κ1) is 21.6. The average Bonchev–Trinajstić information content (AvgIpc) is 3.13. The van der Waals surface area contributed by atoms with Crippen molar-refractivity contribution < 1.29 is 19.0 Å². The molecule has 1 heterocycles. The number of ether oxygens (including phenoxy) is 3. The second-order valence-corrected chi connectivity index (χ2v) is 7.48. The van der Waals surface area contributed by atoms with Gasteiger partial charge in [-0.3, -0.25) is 4.79 Å². The third-order valence-electron chi connectivity index (χ3n) is 5.06. The first-order valence-corrected chi connectivity index (χ1v) is 10.9. The van der Waals surface area contributed by atoms with Crippen LogP contribution in [-0.2, 0) is 4.79 Å². The molecule has 1 aliphatic heterocycles. The molecular formula is C23H36O4. The van der Waals surface area contributed by atoms with Gasteiger partial charge in [-0.25, -0.2) is 0 Å². The molecule has 1 aromatic carbocycles. The Balaban J connectivity index is 1.39. The highest BCUT2D eigenvalue weighted by Gasteiger charge is 2.15. The van der Waals surface area contributed by atoms with Crippen LogP contribution in [0.1, 0.15) is 96.8 Å². The number of benzene rings is 1. The highest BCUT2D eigenvalue weighted by molar-refractivity contribution is 5.72. The van der Waals surface area contributed by atoms with Gasteiger partial charge in [0, 0.05) is 12.5 Å². The number of rotatable bonds is 15. The maximum Gasteiger partial charge on any atom is 0.311 e. The van der Waals surface area contributed by atoms with E-state index in [9.17, 15) is 4.79 Å². The van der Waals surface area contributed by atoms with Crippen LogP contribution in [0.25, 0.3) is 0 Å². The van der Waals surface area contributed by atoms with Crippen molar-refractivity contribution in [2.75, 3.05) is 6.79 Å². The Morgan fingerprint density at radius 3 is 2.00 bits per heavy atom. The lowest BCUT2D eigenvalue weighted by Gasteiger charge is -2.05. The Hall–Kier alpha value is -1.71. The summed E-state index contributed by atoms with van der Waals surface area (Å²) >= 11 is 0. The number of carbonyl (C=O) groups is 1. The van der Waals surface area contributed by atoms with E-state index < -0.39 is 0 Å². The van der Waals surface area contributed by atoms with Crippen LogP contribution in [0.15, 0.2) is 18.2 Å². The predicted molar refractivity (Wildman–Crippen MR) is 109 cm³/mol. The minimum atomic E-state index is -0.170. The molecule has 0 aliphatic carbocycles. The van der Waals surface area contributed by atoms with Crippen LogP contribution in [0.5, 0.6) is 17.2 Å². The lowest BCUT2D eigenvalue weighted by molar-refractivity contribution is -0.134. The zero-order valence-electron chi connectivity index (χ0n) is 17.0. The minimum absolute atomic E-state index is 0.170. The number of hydrogen-bond acceptors (Lipinski definition) is 4. The van der Waals surface area contributed by atoms with Gasteiger partial charge in [0.25, 0.3) is 0 Å². The Morgan fingerprint density at radius 2 is 1.37 bits per heavy atom. The molecule has 1 aromatic rings. The summed E-state index contributed by atoms with van der Waals surface area (Å²) in [6.07, 6.45) is 17.4. The van der Waals surface area contributed by atoms with E-state index in [2.05, 4.69) is 6.92 Å². The van der Waals surface area contributed by atoms with Crippen molar-refractivity contribution in [3.8, 4) is 17.2 Å². The van der Waals surface area contributed by atoms with Crippen molar-refractivity contribution in [1.82, 2.24) is 0 Å². The molecular weight excluding hydrogens is 340 g/mol. The molecule has 152 valence electrons. The van der Waals surface area contributed by atoms with E-state index in [-0.39, 0.29) is 12.8 Å².